The van der Waals surface area contributed by atoms with E-state index in [4.69, 9.17) is 14.2 Å². The molecule has 6 nitrogen and oxygen atoms in total. The van der Waals surface area contributed by atoms with E-state index in [1.807, 2.05) is 37.4 Å². The number of rotatable bonds is 6. The van der Waals surface area contributed by atoms with Gasteiger partial charge >= 0.3 is 0 Å². The van der Waals surface area contributed by atoms with Crippen LogP contribution < -0.4 is 19.1 Å². The van der Waals surface area contributed by atoms with Crippen molar-refractivity contribution in [3.63, 3.8) is 0 Å². The van der Waals surface area contributed by atoms with Crippen LogP contribution in [-0.4, -0.2) is 38.3 Å². The van der Waals surface area contributed by atoms with E-state index in [9.17, 15) is 0 Å². The van der Waals surface area contributed by atoms with E-state index in [1.165, 1.54) is 0 Å². The van der Waals surface area contributed by atoms with Crippen LogP contribution in [0.15, 0.2) is 42.7 Å². The maximum Gasteiger partial charge on any atom is 0.162 e. The quantitative estimate of drug-likeness (QED) is 0.687. The van der Waals surface area contributed by atoms with Crippen LogP contribution in [0.25, 0.3) is 10.9 Å². The molecule has 0 N–H and O–H groups in total. The lowest BCUT2D eigenvalue weighted by molar-refractivity contribution is 0.356. The second-order valence-electron chi connectivity index (χ2n) is 5.63. The number of fused-ring (bicyclic) bond motifs is 1. The van der Waals surface area contributed by atoms with Gasteiger partial charge in [-0.25, -0.2) is 9.97 Å². The first kappa shape index (κ1) is 16.8. The van der Waals surface area contributed by atoms with Crippen LogP contribution in [0, 0.1) is 0 Å². The zero-order valence-electron chi connectivity index (χ0n) is 14.8. The van der Waals surface area contributed by atoms with Gasteiger partial charge in [-0.3, -0.25) is 0 Å². The van der Waals surface area contributed by atoms with E-state index in [0.717, 1.165) is 28.0 Å². The molecule has 0 unspecified atom stereocenters. The normalized spacial score (nSPS) is 10.6. The average molecular weight is 339 g/mol. The fourth-order valence-electron chi connectivity index (χ4n) is 2.79. The van der Waals surface area contributed by atoms with Crippen LogP contribution in [0.5, 0.6) is 17.2 Å². The van der Waals surface area contributed by atoms with Gasteiger partial charge in [-0.2, -0.15) is 0 Å². The number of anilines is 1. The van der Waals surface area contributed by atoms with Gasteiger partial charge in [-0.1, -0.05) is 12.1 Å². The summed E-state index contributed by atoms with van der Waals surface area (Å²) < 4.78 is 16.1. The highest BCUT2D eigenvalue weighted by molar-refractivity contribution is 5.91. The molecule has 0 amide bonds. The SMILES string of the molecule is COc1cccc(CN(C)c2ncnc3cc(OC)c(OC)cc23)c1. The highest BCUT2D eigenvalue weighted by Gasteiger charge is 2.14. The summed E-state index contributed by atoms with van der Waals surface area (Å²) in [5.41, 5.74) is 1.94. The van der Waals surface area contributed by atoms with E-state index in [-0.39, 0.29) is 0 Å². The minimum absolute atomic E-state index is 0.648. The molecule has 0 aliphatic heterocycles. The summed E-state index contributed by atoms with van der Waals surface area (Å²) in [5.74, 6) is 2.97. The molecule has 0 radical (unpaired) electrons. The molecule has 0 fully saturated rings. The van der Waals surface area contributed by atoms with Gasteiger partial charge in [0.2, 0.25) is 0 Å². The smallest absolute Gasteiger partial charge is 0.162 e. The van der Waals surface area contributed by atoms with Crippen molar-refractivity contribution >= 4 is 16.7 Å². The Balaban J connectivity index is 1.99. The molecule has 1 aromatic heterocycles. The summed E-state index contributed by atoms with van der Waals surface area (Å²) >= 11 is 0. The van der Waals surface area contributed by atoms with Crippen molar-refractivity contribution in [3.8, 4) is 17.2 Å². The van der Waals surface area contributed by atoms with Gasteiger partial charge in [0, 0.05) is 25.0 Å². The Morgan fingerprint density at radius 3 is 2.40 bits per heavy atom. The highest BCUT2D eigenvalue weighted by atomic mass is 16.5. The van der Waals surface area contributed by atoms with E-state index in [1.54, 1.807) is 27.7 Å². The molecule has 1 heterocycles. The van der Waals surface area contributed by atoms with Gasteiger partial charge < -0.3 is 19.1 Å². The number of benzene rings is 2. The Kier molecular flexibility index (Phi) is 4.88. The van der Waals surface area contributed by atoms with Crippen LogP contribution >= 0.6 is 0 Å². The number of nitrogens with zero attached hydrogens (tertiary/aromatic N) is 3. The molecule has 2 aromatic carbocycles. The molecular weight excluding hydrogens is 318 g/mol. The summed E-state index contributed by atoms with van der Waals surface area (Å²) in [7, 11) is 6.90. The largest absolute Gasteiger partial charge is 0.497 e. The second-order valence-corrected chi connectivity index (χ2v) is 5.63. The third-order valence-corrected chi connectivity index (χ3v) is 4.04. The van der Waals surface area contributed by atoms with Crippen LogP contribution in [0.3, 0.4) is 0 Å². The Morgan fingerprint density at radius 1 is 0.920 bits per heavy atom. The lowest BCUT2D eigenvalue weighted by atomic mass is 10.1. The van der Waals surface area contributed by atoms with Crippen molar-refractivity contribution in [3.05, 3.63) is 48.3 Å². The van der Waals surface area contributed by atoms with Crippen molar-refractivity contribution in [1.82, 2.24) is 9.97 Å². The second kappa shape index (κ2) is 7.25. The van der Waals surface area contributed by atoms with Gasteiger partial charge in [0.05, 0.1) is 26.8 Å². The van der Waals surface area contributed by atoms with Gasteiger partial charge in [-0.05, 0) is 23.8 Å². The number of hydrogen-bond donors (Lipinski definition) is 0. The van der Waals surface area contributed by atoms with Gasteiger partial charge in [-0.15, -0.1) is 0 Å². The van der Waals surface area contributed by atoms with Gasteiger partial charge in [0.25, 0.3) is 0 Å². The van der Waals surface area contributed by atoms with Gasteiger partial charge in [0.1, 0.15) is 17.9 Å². The van der Waals surface area contributed by atoms with E-state index in [0.29, 0.717) is 18.0 Å². The molecule has 3 aromatic rings. The van der Waals surface area contributed by atoms with E-state index < -0.39 is 0 Å². The predicted octanol–water partition coefficient (Wildman–Crippen LogP) is 3.29. The Morgan fingerprint density at radius 2 is 1.68 bits per heavy atom. The van der Waals surface area contributed by atoms with Crippen molar-refractivity contribution < 1.29 is 14.2 Å². The third kappa shape index (κ3) is 3.42. The molecular formula is C19H21N3O3. The molecule has 0 aliphatic carbocycles. The third-order valence-electron chi connectivity index (χ3n) is 4.04. The lowest BCUT2D eigenvalue weighted by Gasteiger charge is -2.20. The molecule has 0 bridgehead atoms. The molecule has 0 saturated heterocycles. The van der Waals surface area contributed by atoms with Crippen molar-refractivity contribution in [2.24, 2.45) is 0 Å². The van der Waals surface area contributed by atoms with Crippen molar-refractivity contribution in [2.75, 3.05) is 33.3 Å². The topological polar surface area (TPSA) is 56.7 Å². The highest BCUT2D eigenvalue weighted by Crippen LogP contribution is 2.34. The molecule has 0 atom stereocenters. The van der Waals surface area contributed by atoms with Crippen LogP contribution in [0.1, 0.15) is 5.56 Å². The summed E-state index contributed by atoms with van der Waals surface area (Å²) in [5, 5.41) is 0.908. The molecule has 3 rings (SSSR count). The van der Waals surface area contributed by atoms with E-state index in [2.05, 4.69) is 20.9 Å². The zero-order valence-corrected chi connectivity index (χ0v) is 14.8. The molecule has 25 heavy (non-hydrogen) atoms. The molecule has 0 saturated carbocycles. The van der Waals surface area contributed by atoms with Gasteiger partial charge in [0.15, 0.2) is 11.5 Å². The minimum atomic E-state index is 0.648. The van der Waals surface area contributed by atoms with E-state index >= 15 is 0 Å². The first-order chi connectivity index (χ1) is 12.2. The fraction of sp³-hybridized carbons (Fsp3) is 0.263. The number of methoxy groups -OCH3 is 3. The van der Waals surface area contributed by atoms with Crippen LogP contribution in [-0.2, 0) is 6.54 Å². The standard InChI is InChI=1S/C19H21N3O3/c1-22(11-13-6-5-7-14(8-13)23-2)19-15-9-17(24-3)18(25-4)10-16(15)20-12-21-19/h5-10,12H,11H2,1-4H3. The monoisotopic (exact) mass is 339 g/mol. The molecule has 0 spiro atoms. The Hall–Kier alpha value is -3.02. The van der Waals surface area contributed by atoms with Crippen molar-refractivity contribution in [2.45, 2.75) is 6.54 Å². The number of hydrogen-bond acceptors (Lipinski definition) is 6. The van der Waals surface area contributed by atoms with Crippen LogP contribution in [0.2, 0.25) is 0 Å². The Labute approximate surface area is 147 Å². The molecule has 130 valence electrons. The fourth-order valence-corrected chi connectivity index (χ4v) is 2.79. The molecule has 0 aliphatic rings. The molecule has 6 heteroatoms. The maximum absolute atomic E-state index is 5.41. The summed E-state index contributed by atoms with van der Waals surface area (Å²) in [6.45, 7) is 0.692. The first-order valence-corrected chi connectivity index (χ1v) is 7.87. The minimum Gasteiger partial charge on any atom is -0.497 e. The predicted molar refractivity (Wildman–Crippen MR) is 97.7 cm³/mol. The lowest BCUT2D eigenvalue weighted by Crippen LogP contribution is -2.18. The van der Waals surface area contributed by atoms with Crippen molar-refractivity contribution in [1.29, 1.82) is 0 Å². The summed E-state index contributed by atoms with van der Waals surface area (Å²) in [6, 6.07) is 11.8. The first-order valence-electron chi connectivity index (χ1n) is 7.87. The number of aromatic nitrogens is 2. The Bertz CT molecular complexity index is 883. The van der Waals surface area contributed by atoms with Crippen LogP contribution in [0.4, 0.5) is 5.82 Å². The number of ether oxygens (including phenoxy) is 3. The summed E-state index contributed by atoms with van der Waals surface area (Å²) in [6.07, 6.45) is 1.56. The summed E-state index contributed by atoms with van der Waals surface area (Å²) in [4.78, 5) is 10.9. The average Bonchev–Trinajstić information content (AvgIpc) is 2.66. The zero-order chi connectivity index (χ0) is 17.8. The maximum atomic E-state index is 5.41.